The summed E-state index contributed by atoms with van der Waals surface area (Å²) in [6.07, 6.45) is 1.71. The van der Waals surface area contributed by atoms with E-state index in [2.05, 4.69) is 5.32 Å². The predicted molar refractivity (Wildman–Crippen MR) is 91.7 cm³/mol. The van der Waals surface area contributed by atoms with Gasteiger partial charge in [-0.05, 0) is 42.5 Å². The molecule has 5 nitrogen and oxygen atoms in total. The molecule has 23 heavy (non-hydrogen) atoms. The quantitative estimate of drug-likeness (QED) is 0.896. The van der Waals surface area contributed by atoms with E-state index in [1.807, 2.05) is 0 Å². The SMILES string of the molecule is O=C(Nc1cccc(Cl)c1)c1sccc1S(=O)(=O)N1CCCC1. The minimum Gasteiger partial charge on any atom is -0.321 e. The zero-order valence-electron chi connectivity index (χ0n) is 12.2. The van der Waals surface area contributed by atoms with E-state index >= 15 is 0 Å². The van der Waals surface area contributed by atoms with Gasteiger partial charge in [0.1, 0.15) is 9.77 Å². The highest BCUT2D eigenvalue weighted by Gasteiger charge is 2.31. The molecule has 1 fully saturated rings. The van der Waals surface area contributed by atoms with Gasteiger partial charge < -0.3 is 5.32 Å². The average molecular weight is 371 g/mol. The number of rotatable bonds is 4. The lowest BCUT2D eigenvalue weighted by atomic mass is 10.3. The van der Waals surface area contributed by atoms with Crippen LogP contribution in [0.2, 0.25) is 5.02 Å². The highest BCUT2D eigenvalue weighted by Crippen LogP contribution is 2.28. The molecule has 0 saturated carbocycles. The first kappa shape index (κ1) is 16.4. The van der Waals surface area contributed by atoms with Crippen LogP contribution in [0, 0.1) is 0 Å². The Balaban J connectivity index is 1.87. The molecule has 0 atom stereocenters. The van der Waals surface area contributed by atoms with Crippen molar-refractivity contribution in [1.82, 2.24) is 4.31 Å². The van der Waals surface area contributed by atoms with Crippen LogP contribution in [0.15, 0.2) is 40.6 Å². The van der Waals surface area contributed by atoms with Gasteiger partial charge in [0.2, 0.25) is 10.0 Å². The summed E-state index contributed by atoms with van der Waals surface area (Å²) in [4.78, 5) is 12.7. The van der Waals surface area contributed by atoms with Gasteiger partial charge in [-0.2, -0.15) is 4.31 Å². The molecule has 1 aliphatic heterocycles. The van der Waals surface area contributed by atoms with E-state index in [-0.39, 0.29) is 9.77 Å². The molecule has 1 saturated heterocycles. The molecule has 1 amide bonds. The smallest absolute Gasteiger partial charge is 0.267 e. The Morgan fingerprint density at radius 1 is 1.22 bits per heavy atom. The number of anilines is 1. The number of hydrogen-bond acceptors (Lipinski definition) is 4. The summed E-state index contributed by atoms with van der Waals surface area (Å²) >= 11 is 7.01. The molecule has 1 N–H and O–H groups in total. The number of benzene rings is 1. The molecule has 1 aliphatic rings. The lowest BCUT2D eigenvalue weighted by molar-refractivity contribution is 0.102. The first-order valence-corrected chi connectivity index (χ1v) is 9.83. The van der Waals surface area contributed by atoms with Gasteiger partial charge in [-0.1, -0.05) is 17.7 Å². The zero-order chi connectivity index (χ0) is 16.4. The second-order valence-electron chi connectivity index (χ2n) is 5.19. The summed E-state index contributed by atoms with van der Waals surface area (Å²) in [6.45, 7) is 1.01. The molecule has 3 rings (SSSR count). The van der Waals surface area contributed by atoms with Gasteiger partial charge in [0, 0.05) is 23.8 Å². The summed E-state index contributed by atoms with van der Waals surface area (Å²) in [6, 6.07) is 8.22. The number of thiophene rings is 1. The molecular weight excluding hydrogens is 356 g/mol. The van der Waals surface area contributed by atoms with E-state index in [1.165, 1.54) is 10.4 Å². The fraction of sp³-hybridized carbons (Fsp3) is 0.267. The Morgan fingerprint density at radius 2 is 1.96 bits per heavy atom. The van der Waals surface area contributed by atoms with Crippen LogP contribution >= 0.6 is 22.9 Å². The van der Waals surface area contributed by atoms with Crippen molar-refractivity contribution >= 4 is 44.6 Å². The van der Waals surface area contributed by atoms with Gasteiger partial charge in [-0.25, -0.2) is 8.42 Å². The van der Waals surface area contributed by atoms with Crippen molar-refractivity contribution in [3.05, 3.63) is 45.6 Å². The summed E-state index contributed by atoms with van der Waals surface area (Å²) < 4.78 is 26.8. The minimum atomic E-state index is -3.61. The van der Waals surface area contributed by atoms with E-state index in [4.69, 9.17) is 11.6 Å². The summed E-state index contributed by atoms with van der Waals surface area (Å²) in [5.41, 5.74) is 0.528. The molecule has 1 aromatic carbocycles. The lowest BCUT2D eigenvalue weighted by Gasteiger charge is -2.15. The number of nitrogens with zero attached hydrogens (tertiary/aromatic N) is 1. The van der Waals surface area contributed by atoms with Gasteiger partial charge >= 0.3 is 0 Å². The number of sulfonamides is 1. The number of carbonyl (C=O) groups excluding carboxylic acids is 1. The van der Waals surface area contributed by atoms with E-state index in [1.54, 1.807) is 29.6 Å². The van der Waals surface area contributed by atoms with Crippen LogP contribution < -0.4 is 5.32 Å². The van der Waals surface area contributed by atoms with Crippen LogP contribution in [0.4, 0.5) is 5.69 Å². The maximum atomic E-state index is 12.7. The lowest BCUT2D eigenvalue weighted by Crippen LogP contribution is -2.29. The highest BCUT2D eigenvalue weighted by molar-refractivity contribution is 7.89. The first-order chi connectivity index (χ1) is 11.0. The number of halogens is 1. The second-order valence-corrected chi connectivity index (χ2v) is 8.45. The summed E-state index contributed by atoms with van der Waals surface area (Å²) in [5.74, 6) is -0.444. The summed E-state index contributed by atoms with van der Waals surface area (Å²) in [5, 5.41) is 4.81. The Bertz CT molecular complexity index is 827. The average Bonchev–Trinajstić information content (AvgIpc) is 3.19. The minimum absolute atomic E-state index is 0.0731. The van der Waals surface area contributed by atoms with Crippen LogP contribution in [0.25, 0.3) is 0 Å². The van der Waals surface area contributed by atoms with Crippen LogP contribution in [-0.4, -0.2) is 31.7 Å². The van der Waals surface area contributed by atoms with E-state index in [0.717, 1.165) is 24.2 Å². The monoisotopic (exact) mass is 370 g/mol. The van der Waals surface area contributed by atoms with Crippen LogP contribution in [-0.2, 0) is 10.0 Å². The molecule has 0 aliphatic carbocycles. The first-order valence-electron chi connectivity index (χ1n) is 7.13. The molecule has 0 spiro atoms. The molecule has 2 aromatic rings. The number of nitrogens with one attached hydrogen (secondary N) is 1. The Morgan fingerprint density at radius 3 is 2.65 bits per heavy atom. The van der Waals surface area contributed by atoms with Crippen molar-refractivity contribution in [1.29, 1.82) is 0 Å². The van der Waals surface area contributed by atoms with Crippen molar-refractivity contribution in [2.24, 2.45) is 0 Å². The van der Waals surface area contributed by atoms with Crippen molar-refractivity contribution in [3.63, 3.8) is 0 Å². The zero-order valence-corrected chi connectivity index (χ0v) is 14.5. The van der Waals surface area contributed by atoms with E-state index in [9.17, 15) is 13.2 Å². The Kier molecular flexibility index (Phi) is 4.72. The van der Waals surface area contributed by atoms with Gasteiger partial charge in [-0.3, -0.25) is 4.79 Å². The number of hydrogen-bond donors (Lipinski definition) is 1. The Hall–Kier alpha value is -1.41. The van der Waals surface area contributed by atoms with Crippen LogP contribution in [0.1, 0.15) is 22.5 Å². The third-order valence-electron chi connectivity index (χ3n) is 3.60. The topological polar surface area (TPSA) is 66.5 Å². The molecule has 1 aromatic heterocycles. The van der Waals surface area contributed by atoms with Crippen molar-refractivity contribution in [3.8, 4) is 0 Å². The third-order valence-corrected chi connectivity index (χ3v) is 6.82. The molecule has 0 unspecified atom stereocenters. The van der Waals surface area contributed by atoms with Gasteiger partial charge in [0.25, 0.3) is 5.91 Å². The molecule has 0 radical (unpaired) electrons. The van der Waals surface area contributed by atoms with Crippen molar-refractivity contribution < 1.29 is 13.2 Å². The van der Waals surface area contributed by atoms with E-state index < -0.39 is 15.9 Å². The third kappa shape index (κ3) is 3.42. The van der Waals surface area contributed by atoms with Crippen molar-refractivity contribution in [2.45, 2.75) is 17.7 Å². The van der Waals surface area contributed by atoms with Gasteiger partial charge in [0.15, 0.2) is 0 Å². The van der Waals surface area contributed by atoms with Crippen LogP contribution in [0.3, 0.4) is 0 Å². The fourth-order valence-corrected chi connectivity index (χ4v) is 5.49. The molecule has 2 heterocycles. The standard InChI is InChI=1S/C15H15ClN2O3S2/c16-11-4-3-5-12(10-11)17-15(19)14-13(6-9-22-14)23(20,21)18-7-1-2-8-18/h3-6,9-10H,1-2,7-8H2,(H,17,19). The molecule has 0 bridgehead atoms. The molecule has 122 valence electrons. The fourth-order valence-electron chi connectivity index (χ4n) is 2.49. The molecule has 8 heteroatoms. The maximum Gasteiger partial charge on any atom is 0.267 e. The van der Waals surface area contributed by atoms with Crippen molar-refractivity contribution in [2.75, 3.05) is 18.4 Å². The second kappa shape index (κ2) is 6.60. The van der Waals surface area contributed by atoms with Gasteiger partial charge in [-0.15, -0.1) is 11.3 Å². The normalized spacial score (nSPS) is 15.7. The number of amides is 1. The maximum absolute atomic E-state index is 12.7. The largest absolute Gasteiger partial charge is 0.321 e. The van der Waals surface area contributed by atoms with Gasteiger partial charge in [0.05, 0.1) is 0 Å². The predicted octanol–water partition coefficient (Wildman–Crippen LogP) is 3.44. The number of carbonyl (C=O) groups is 1. The highest BCUT2D eigenvalue weighted by atomic mass is 35.5. The summed E-state index contributed by atoms with van der Waals surface area (Å²) in [7, 11) is -3.61. The van der Waals surface area contributed by atoms with E-state index in [0.29, 0.717) is 23.8 Å². The molecular formula is C15H15ClN2O3S2. The Labute approximate surface area is 143 Å². The van der Waals surface area contributed by atoms with Crippen LogP contribution in [0.5, 0.6) is 0 Å².